The number of amides is 1. The van der Waals surface area contributed by atoms with Crippen molar-refractivity contribution in [1.82, 2.24) is 13.5 Å². The molecule has 0 aliphatic carbocycles. The zero-order valence-electron chi connectivity index (χ0n) is 19.4. The highest BCUT2D eigenvalue weighted by Crippen LogP contribution is 2.21. The van der Waals surface area contributed by atoms with Crippen molar-refractivity contribution in [3.8, 4) is 0 Å². The molecule has 1 atom stereocenters. The number of nitrogens with one attached hydrogen (secondary N) is 1. The summed E-state index contributed by atoms with van der Waals surface area (Å²) in [6.07, 6.45) is 0. The lowest BCUT2D eigenvalue weighted by molar-refractivity contribution is -0.121. The first-order chi connectivity index (χ1) is 15.8. The van der Waals surface area contributed by atoms with Gasteiger partial charge in [-0.25, -0.2) is 0 Å². The lowest BCUT2D eigenvalue weighted by atomic mass is 10.0. The molecule has 0 bridgehead atoms. The maximum atomic E-state index is 13.0. The van der Waals surface area contributed by atoms with Crippen LogP contribution in [0.4, 0.5) is 5.69 Å². The first kappa shape index (κ1) is 25.0. The summed E-state index contributed by atoms with van der Waals surface area (Å²) in [6, 6.07) is 15.4. The van der Waals surface area contributed by atoms with E-state index in [1.807, 2.05) is 24.8 Å². The Kier molecular flexibility index (Phi) is 8.36. The zero-order valence-corrected chi connectivity index (χ0v) is 20.2. The van der Waals surface area contributed by atoms with Crippen molar-refractivity contribution < 1.29 is 18.0 Å². The number of hydrogen-bond donors (Lipinski definition) is 1. The molecule has 1 saturated heterocycles. The van der Waals surface area contributed by atoms with Crippen molar-refractivity contribution in [2.45, 2.75) is 26.8 Å². The lowest BCUT2D eigenvalue weighted by Gasteiger charge is -2.38. The van der Waals surface area contributed by atoms with Gasteiger partial charge in [-0.2, -0.15) is 17.0 Å². The van der Waals surface area contributed by atoms with Gasteiger partial charge in [-0.1, -0.05) is 56.3 Å². The minimum absolute atomic E-state index is 0.158. The third-order valence-electron chi connectivity index (χ3n) is 6.02. The highest BCUT2D eigenvalue weighted by Gasteiger charge is 2.33. The maximum absolute atomic E-state index is 13.0. The van der Waals surface area contributed by atoms with Crippen molar-refractivity contribution in [1.29, 1.82) is 0 Å². The molecule has 3 rings (SSSR count). The highest BCUT2D eigenvalue weighted by atomic mass is 32.2. The number of ketones is 1. The van der Waals surface area contributed by atoms with Crippen LogP contribution in [-0.4, -0.2) is 78.9 Å². The summed E-state index contributed by atoms with van der Waals surface area (Å²) in [6.45, 7) is 7.88. The molecule has 9 heteroatoms. The molecule has 2 aromatic carbocycles. The summed E-state index contributed by atoms with van der Waals surface area (Å²) in [5, 5.41) is 2.89. The molecule has 1 N–H and O–H groups in total. The van der Waals surface area contributed by atoms with E-state index in [1.54, 1.807) is 55.5 Å². The van der Waals surface area contributed by atoms with E-state index in [1.165, 1.54) is 8.61 Å². The van der Waals surface area contributed by atoms with E-state index in [0.29, 0.717) is 56.1 Å². The van der Waals surface area contributed by atoms with Gasteiger partial charge in [0.25, 0.3) is 10.2 Å². The number of piperazine rings is 1. The summed E-state index contributed by atoms with van der Waals surface area (Å²) in [4.78, 5) is 27.9. The molecule has 0 unspecified atom stereocenters. The van der Waals surface area contributed by atoms with E-state index in [4.69, 9.17) is 0 Å². The van der Waals surface area contributed by atoms with Gasteiger partial charge < -0.3 is 5.32 Å². The molecular weight excluding hydrogens is 440 g/mol. The molecule has 0 saturated carbocycles. The number of para-hydroxylation sites is 1. The van der Waals surface area contributed by atoms with Crippen LogP contribution in [0.2, 0.25) is 0 Å². The number of anilines is 1. The highest BCUT2D eigenvalue weighted by molar-refractivity contribution is 7.86. The molecule has 1 fully saturated rings. The Morgan fingerprint density at radius 2 is 1.52 bits per heavy atom. The summed E-state index contributed by atoms with van der Waals surface area (Å²) < 4.78 is 28.4. The molecule has 33 heavy (non-hydrogen) atoms. The topological polar surface area (TPSA) is 90.0 Å². The second kappa shape index (κ2) is 11.0. The zero-order chi connectivity index (χ0) is 24.0. The normalized spacial score (nSPS) is 16.5. The lowest BCUT2D eigenvalue weighted by Crippen LogP contribution is -2.56. The SMILES string of the molecule is CCN(CC)S(=O)(=O)N1CCN([C@H](C)C(=O)Nc2ccccc2C(=O)c2ccccc2)CC1. The molecule has 178 valence electrons. The third-order valence-corrected chi connectivity index (χ3v) is 8.21. The molecule has 2 aromatic rings. The minimum atomic E-state index is -3.48. The Hall–Kier alpha value is -2.59. The average molecular weight is 473 g/mol. The molecule has 1 aliphatic heterocycles. The van der Waals surface area contributed by atoms with Gasteiger partial charge in [0.1, 0.15) is 0 Å². The van der Waals surface area contributed by atoms with Crippen LogP contribution in [0.5, 0.6) is 0 Å². The molecule has 8 nitrogen and oxygen atoms in total. The quantitative estimate of drug-likeness (QED) is 0.566. The van der Waals surface area contributed by atoms with Gasteiger partial charge in [0, 0.05) is 50.4 Å². The average Bonchev–Trinajstić information content (AvgIpc) is 2.84. The van der Waals surface area contributed by atoms with Crippen LogP contribution in [0.3, 0.4) is 0 Å². The summed E-state index contributed by atoms with van der Waals surface area (Å²) in [5.41, 5.74) is 1.45. The van der Waals surface area contributed by atoms with Gasteiger partial charge in [0.15, 0.2) is 5.78 Å². The Labute approximate surface area is 196 Å². The summed E-state index contributed by atoms with van der Waals surface area (Å²) in [5.74, 6) is -0.391. The van der Waals surface area contributed by atoms with Crippen LogP contribution in [-0.2, 0) is 15.0 Å². The van der Waals surface area contributed by atoms with E-state index in [-0.39, 0.29) is 11.7 Å². The first-order valence-corrected chi connectivity index (χ1v) is 12.7. The Bertz CT molecular complexity index is 1060. The van der Waals surface area contributed by atoms with E-state index < -0.39 is 16.3 Å². The van der Waals surface area contributed by atoms with Gasteiger partial charge in [-0.15, -0.1) is 0 Å². The van der Waals surface area contributed by atoms with Crippen LogP contribution in [0.15, 0.2) is 54.6 Å². The monoisotopic (exact) mass is 472 g/mol. The smallest absolute Gasteiger partial charge is 0.282 e. The van der Waals surface area contributed by atoms with Gasteiger partial charge in [0.05, 0.1) is 11.7 Å². The summed E-state index contributed by atoms with van der Waals surface area (Å²) in [7, 11) is -3.48. The number of hydrogen-bond acceptors (Lipinski definition) is 5. The van der Waals surface area contributed by atoms with Crippen molar-refractivity contribution in [3.63, 3.8) is 0 Å². The van der Waals surface area contributed by atoms with Crippen molar-refractivity contribution >= 4 is 27.6 Å². The van der Waals surface area contributed by atoms with Crippen molar-refractivity contribution in [2.24, 2.45) is 0 Å². The number of carbonyl (C=O) groups is 2. The Morgan fingerprint density at radius 3 is 2.12 bits per heavy atom. The molecule has 0 radical (unpaired) electrons. The minimum Gasteiger partial charge on any atom is -0.324 e. The van der Waals surface area contributed by atoms with Crippen LogP contribution < -0.4 is 5.32 Å². The number of rotatable bonds is 9. The largest absolute Gasteiger partial charge is 0.324 e. The van der Waals surface area contributed by atoms with Gasteiger partial charge in [-0.05, 0) is 19.1 Å². The number of carbonyl (C=O) groups excluding carboxylic acids is 2. The number of benzene rings is 2. The van der Waals surface area contributed by atoms with E-state index in [2.05, 4.69) is 5.32 Å². The molecule has 0 spiro atoms. The van der Waals surface area contributed by atoms with Crippen LogP contribution in [0.25, 0.3) is 0 Å². The maximum Gasteiger partial charge on any atom is 0.282 e. The van der Waals surface area contributed by atoms with Gasteiger partial charge >= 0.3 is 0 Å². The Morgan fingerprint density at radius 1 is 0.939 bits per heavy atom. The fraction of sp³-hybridized carbons (Fsp3) is 0.417. The fourth-order valence-electron chi connectivity index (χ4n) is 3.97. The second-order valence-electron chi connectivity index (χ2n) is 7.93. The van der Waals surface area contributed by atoms with E-state index in [9.17, 15) is 18.0 Å². The molecule has 1 aliphatic rings. The van der Waals surface area contributed by atoms with Crippen LogP contribution in [0.1, 0.15) is 36.7 Å². The standard InChI is InChI=1S/C24H32N4O4S/c1-4-27(5-2)33(31,32)28-17-15-26(16-18-28)19(3)24(30)25-22-14-10-9-13-21(22)23(29)20-11-7-6-8-12-20/h6-14,19H,4-5,15-18H2,1-3H3,(H,25,30)/t19-/m1/s1. The second-order valence-corrected chi connectivity index (χ2v) is 9.86. The van der Waals surface area contributed by atoms with Crippen LogP contribution >= 0.6 is 0 Å². The van der Waals surface area contributed by atoms with Crippen LogP contribution in [0, 0.1) is 0 Å². The predicted molar refractivity (Wildman–Crippen MR) is 129 cm³/mol. The van der Waals surface area contributed by atoms with Gasteiger partial charge in [-0.3, -0.25) is 14.5 Å². The number of nitrogens with zero attached hydrogens (tertiary/aromatic N) is 3. The fourth-order valence-corrected chi connectivity index (χ4v) is 5.58. The summed E-state index contributed by atoms with van der Waals surface area (Å²) >= 11 is 0. The predicted octanol–water partition coefficient (Wildman–Crippen LogP) is 2.45. The third kappa shape index (κ3) is 5.67. The van der Waals surface area contributed by atoms with E-state index in [0.717, 1.165) is 0 Å². The molecule has 1 amide bonds. The van der Waals surface area contributed by atoms with Crippen molar-refractivity contribution in [3.05, 3.63) is 65.7 Å². The van der Waals surface area contributed by atoms with E-state index >= 15 is 0 Å². The molecule has 1 heterocycles. The molecule has 0 aromatic heterocycles. The molecular formula is C24H32N4O4S. The first-order valence-electron chi connectivity index (χ1n) is 11.3. The van der Waals surface area contributed by atoms with Crippen molar-refractivity contribution in [2.75, 3.05) is 44.6 Å². The van der Waals surface area contributed by atoms with Gasteiger partial charge in [0.2, 0.25) is 5.91 Å². The Balaban J connectivity index is 1.65.